The van der Waals surface area contributed by atoms with Crippen LogP contribution in [0.25, 0.3) is 5.69 Å². The Hall–Kier alpha value is -2.56. The third-order valence-electron chi connectivity index (χ3n) is 4.88. The van der Waals surface area contributed by atoms with E-state index in [9.17, 15) is 4.79 Å². The molecule has 6 heteroatoms. The summed E-state index contributed by atoms with van der Waals surface area (Å²) in [6.45, 7) is 8.01. The normalized spacial score (nSPS) is 11.2. The molecule has 1 amide bonds. The number of carbonyl (C=O) groups is 1. The molecule has 1 heterocycles. The monoisotopic (exact) mass is 427 g/mol. The van der Waals surface area contributed by atoms with Crippen molar-refractivity contribution in [3.05, 3.63) is 86.2 Å². The molecule has 1 aromatic heterocycles. The van der Waals surface area contributed by atoms with Crippen molar-refractivity contribution < 1.29 is 4.79 Å². The second-order valence-corrected chi connectivity index (χ2v) is 7.92. The Morgan fingerprint density at radius 1 is 1.10 bits per heavy atom. The lowest BCUT2D eigenvalue weighted by atomic mass is 10.0. The van der Waals surface area contributed by atoms with Crippen LogP contribution in [-0.4, -0.2) is 16.7 Å². The van der Waals surface area contributed by atoms with Gasteiger partial charge in [0.15, 0.2) is 0 Å². The van der Waals surface area contributed by atoms with Gasteiger partial charge in [0.2, 0.25) is 5.91 Å². The molecule has 0 aliphatic carbocycles. The highest BCUT2D eigenvalue weighted by Gasteiger charge is 2.13. The van der Waals surface area contributed by atoms with Crippen molar-refractivity contribution in [2.75, 3.05) is 0 Å². The fourth-order valence-corrected chi connectivity index (χ4v) is 3.76. The number of aromatic nitrogens is 1. The molecule has 0 bridgehead atoms. The van der Waals surface area contributed by atoms with E-state index in [0.717, 1.165) is 33.8 Å². The molecule has 29 heavy (non-hydrogen) atoms. The minimum Gasteiger partial charge on any atom is -0.316 e. The second kappa shape index (κ2) is 8.85. The van der Waals surface area contributed by atoms with Gasteiger partial charge in [-0.2, -0.15) is 5.10 Å². The first-order chi connectivity index (χ1) is 13.8. The van der Waals surface area contributed by atoms with Crippen LogP contribution in [0.5, 0.6) is 0 Å². The van der Waals surface area contributed by atoms with E-state index in [1.165, 1.54) is 5.56 Å². The zero-order valence-electron chi connectivity index (χ0n) is 16.9. The molecule has 0 saturated carbocycles. The van der Waals surface area contributed by atoms with Crippen LogP contribution < -0.4 is 5.43 Å². The first-order valence-corrected chi connectivity index (χ1v) is 10.0. The number of hydrogen-bond donors (Lipinski definition) is 1. The molecular formula is C23H23Cl2N3O. The van der Waals surface area contributed by atoms with Gasteiger partial charge in [0, 0.05) is 17.0 Å². The molecule has 0 aliphatic heterocycles. The van der Waals surface area contributed by atoms with Crippen LogP contribution in [0.4, 0.5) is 0 Å². The number of hydrazone groups is 1. The second-order valence-electron chi connectivity index (χ2n) is 7.13. The highest BCUT2D eigenvalue weighted by atomic mass is 35.5. The first-order valence-electron chi connectivity index (χ1n) is 9.29. The van der Waals surface area contributed by atoms with Crippen molar-refractivity contribution >= 4 is 35.3 Å². The number of nitrogens with zero attached hydrogens (tertiary/aromatic N) is 2. The van der Waals surface area contributed by atoms with Crippen LogP contribution >= 0.6 is 23.2 Å². The molecule has 4 nitrogen and oxygen atoms in total. The Morgan fingerprint density at radius 2 is 1.86 bits per heavy atom. The molecule has 0 spiro atoms. The first kappa shape index (κ1) is 21.2. The van der Waals surface area contributed by atoms with Crippen molar-refractivity contribution in [3.8, 4) is 5.69 Å². The molecule has 0 saturated heterocycles. The average molecular weight is 428 g/mol. The van der Waals surface area contributed by atoms with Gasteiger partial charge in [-0.25, -0.2) is 5.43 Å². The molecule has 1 N–H and O–H groups in total. The number of halogens is 2. The van der Waals surface area contributed by atoms with Gasteiger partial charge < -0.3 is 4.57 Å². The lowest BCUT2D eigenvalue weighted by Gasteiger charge is -2.12. The van der Waals surface area contributed by atoms with Gasteiger partial charge >= 0.3 is 0 Å². The van der Waals surface area contributed by atoms with E-state index in [0.29, 0.717) is 16.5 Å². The van der Waals surface area contributed by atoms with E-state index >= 15 is 0 Å². The number of carbonyl (C=O) groups excluding carboxylic acids is 1. The molecule has 0 aliphatic rings. The summed E-state index contributed by atoms with van der Waals surface area (Å²) in [4.78, 5) is 12.2. The van der Waals surface area contributed by atoms with E-state index in [4.69, 9.17) is 23.2 Å². The highest BCUT2D eigenvalue weighted by Crippen LogP contribution is 2.31. The average Bonchev–Trinajstić information content (AvgIpc) is 2.94. The summed E-state index contributed by atoms with van der Waals surface area (Å²) in [5.41, 5.74) is 9.55. The zero-order valence-corrected chi connectivity index (χ0v) is 18.4. The molecule has 0 atom stereocenters. The Bertz CT molecular complexity index is 1100. The number of benzene rings is 2. The van der Waals surface area contributed by atoms with Crippen LogP contribution in [0.2, 0.25) is 10.0 Å². The summed E-state index contributed by atoms with van der Waals surface area (Å²) in [5, 5.41) is 5.14. The van der Waals surface area contributed by atoms with Crippen LogP contribution in [0, 0.1) is 27.7 Å². The summed E-state index contributed by atoms with van der Waals surface area (Å²) in [6, 6.07) is 13.6. The number of aryl methyl sites for hydroxylation is 3. The third-order valence-corrected chi connectivity index (χ3v) is 5.69. The summed E-state index contributed by atoms with van der Waals surface area (Å²) < 4.78 is 2.02. The summed E-state index contributed by atoms with van der Waals surface area (Å²) in [6.07, 6.45) is 1.94. The number of amides is 1. The fraction of sp³-hybridized carbons (Fsp3) is 0.217. The molecule has 150 valence electrons. The molecular weight excluding hydrogens is 405 g/mol. The van der Waals surface area contributed by atoms with Gasteiger partial charge in [-0.3, -0.25) is 4.79 Å². The van der Waals surface area contributed by atoms with E-state index in [2.05, 4.69) is 16.6 Å². The SMILES string of the molecule is Cc1ccc(CC(=O)N/N=C\c2cc(C)n(-c3cccc(Cl)c3Cl)c2C)c(C)c1. The van der Waals surface area contributed by atoms with Gasteiger partial charge in [0.05, 0.1) is 28.4 Å². The van der Waals surface area contributed by atoms with Crippen LogP contribution in [-0.2, 0) is 11.2 Å². The maximum absolute atomic E-state index is 12.2. The minimum absolute atomic E-state index is 0.153. The standard InChI is InChI=1S/C23H23Cl2N3O/c1-14-8-9-18(15(2)10-14)12-22(29)27-26-13-19-11-16(3)28(17(19)4)21-7-5-6-20(24)23(21)25/h5-11,13H,12H2,1-4H3,(H,27,29)/b26-13-. The fourth-order valence-electron chi connectivity index (χ4n) is 3.38. The zero-order chi connectivity index (χ0) is 21.1. The lowest BCUT2D eigenvalue weighted by molar-refractivity contribution is -0.120. The predicted molar refractivity (Wildman–Crippen MR) is 121 cm³/mol. The van der Waals surface area contributed by atoms with E-state index in [1.54, 1.807) is 12.3 Å². The highest BCUT2D eigenvalue weighted by molar-refractivity contribution is 6.43. The van der Waals surface area contributed by atoms with Crippen LogP contribution in [0.1, 0.15) is 33.6 Å². The third kappa shape index (κ3) is 4.72. The molecule has 2 aromatic carbocycles. The Balaban J connectivity index is 1.74. The number of nitrogens with one attached hydrogen (secondary N) is 1. The minimum atomic E-state index is -0.153. The van der Waals surface area contributed by atoms with Crippen molar-refractivity contribution in [2.45, 2.75) is 34.1 Å². The van der Waals surface area contributed by atoms with Crippen molar-refractivity contribution in [3.63, 3.8) is 0 Å². The topological polar surface area (TPSA) is 46.4 Å². The molecule has 0 fully saturated rings. The van der Waals surface area contributed by atoms with Crippen molar-refractivity contribution in [2.24, 2.45) is 5.10 Å². The van der Waals surface area contributed by atoms with E-state index in [-0.39, 0.29) is 5.91 Å². The maximum Gasteiger partial charge on any atom is 0.244 e. The molecule has 3 aromatic rings. The smallest absolute Gasteiger partial charge is 0.244 e. The largest absolute Gasteiger partial charge is 0.316 e. The van der Waals surface area contributed by atoms with Crippen molar-refractivity contribution in [1.82, 2.24) is 9.99 Å². The van der Waals surface area contributed by atoms with Crippen molar-refractivity contribution in [1.29, 1.82) is 0 Å². The Kier molecular flexibility index (Phi) is 6.46. The van der Waals surface area contributed by atoms with E-state index in [1.807, 2.05) is 62.6 Å². The molecule has 0 unspecified atom stereocenters. The molecule has 3 rings (SSSR count). The maximum atomic E-state index is 12.2. The van der Waals surface area contributed by atoms with Gasteiger partial charge in [0.1, 0.15) is 0 Å². The van der Waals surface area contributed by atoms with Gasteiger partial charge in [-0.15, -0.1) is 0 Å². The van der Waals surface area contributed by atoms with Gasteiger partial charge in [-0.1, -0.05) is 53.0 Å². The molecule has 0 radical (unpaired) electrons. The quantitative estimate of drug-likeness (QED) is 0.411. The summed E-state index contributed by atoms with van der Waals surface area (Å²) >= 11 is 12.5. The number of rotatable bonds is 5. The van der Waals surface area contributed by atoms with Crippen LogP contribution in [0.3, 0.4) is 0 Å². The Morgan fingerprint density at radius 3 is 2.59 bits per heavy atom. The predicted octanol–water partition coefficient (Wildman–Crippen LogP) is 5.71. The summed E-state index contributed by atoms with van der Waals surface area (Å²) in [7, 11) is 0. The lowest BCUT2D eigenvalue weighted by Crippen LogP contribution is -2.20. The van der Waals surface area contributed by atoms with Crippen LogP contribution in [0.15, 0.2) is 47.6 Å². The Labute approximate surface area is 181 Å². The van der Waals surface area contributed by atoms with Gasteiger partial charge in [0.25, 0.3) is 0 Å². The van der Waals surface area contributed by atoms with E-state index < -0.39 is 0 Å². The number of hydrogen-bond acceptors (Lipinski definition) is 2. The summed E-state index contributed by atoms with van der Waals surface area (Å²) in [5.74, 6) is -0.153. The van der Waals surface area contributed by atoms with Gasteiger partial charge in [-0.05, 0) is 57.0 Å².